The molecule has 0 unspecified atom stereocenters. The molecule has 0 radical (unpaired) electrons. The zero-order valence-corrected chi connectivity index (χ0v) is 13.1. The Kier molecular flexibility index (Phi) is 4.57. The number of nitro groups is 1. The van der Waals surface area contributed by atoms with Crippen LogP contribution >= 0.6 is 0 Å². The number of nitrogens with zero attached hydrogens (tertiary/aromatic N) is 4. The number of hydrogen-bond acceptors (Lipinski definition) is 6. The number of non-ortho nitro benzene ring substituents is 1. The quantitative estimate of drug-likeness (QED) is 0.686. The Morgan fingerprint density at radius 2 is 1.92 bits per heavy atom. The zero-order chi connectivity index (χ0) is 16.9. The second-order valence-corrected chi connectivity index (χ2v) is 5.73. The fourth-order valence-corrected chi connectivity index (χ4v) is 2.81. The normalized spacial score (nSPS) is 14.9. The van der Waals surface area contributed by atoms with E-state index in [0.717, 1.165) is 37.4 Å². The summed E-state index contributed by atoms with van der Waals surface area (Å²) in [6.45, 7) is 1.76. The molecule has 1 saturated heterocycles. The fourth-order valence-electron chi connectivity index (χ4n) is 2.81. The average molecular weight is 323 g/mol. The molecule has 0 bridgehead atoms. The minimum Gasteiger partial charge on any atom is -0.382 e. The van der Waals surface area contributed by atoms with Gasteiger partial charge in [0.15, 0.2) is 0 Å². The van der Waals surface area contributed by atoms with Crippen LogP contribution in [0, 0.1) is 21.4 Å². The predicted octanol–water partition coefficient (Wildman–Crippen LogP) is 2.94. The minimum absolute atomic E-state index is 0.0993. The predicted molar refractivity (Wildman–Crippen MR) is 90.9 cm³/mol. The minimum atomic E-state index is -0.396. The van der Waals surface area contributed by atoms with Crippen molar-refractivity contribution in [3.05, 3.63) is 58.3 Å². The average Bonchev–Trinajstić information content (AvgIpc) is 2.63. The number of rotatable bonds is 4. The second kappa shape index (κ2) is 6.96. The van der Waals surface area contributed by atoms with Crippen LogP contribution in [0.4, 0.5) is 17.2 Å². The summed E-state index contributed by atoms with van der Waals surface area (Å²) in [5.41, 5.74) is 1.56. The lowest BCUT2D eigenvalue weighted by atomic mass is 10.0. The first-order valence-electron chi connectivity index (χ1n) is 7.78. The van der Waals surface area contributed by atoms with Crippen molar-refractivity contribution in [3.63, 3.8) is 0 Å². The maximum absolute atomic E-state index is 10.7. The van der Waals surface area contributed by atoms with Crippen molar-refractivity contribution >= 4 is 17.2 Å². The standard InChI is InChI=1S/C17H17N5O2/c18-11-13-1-6-17(19-12-13)21-9-7-15(8-10-21)20-14-2-4-16(5-3-14)22(23)24/h1-6,12,15,20H,7-10H2. The summed E-state index contributed by atoms with van der Waals surface area (Å²) in [5.74, 6) is 0.891. The van der Waals surface area contributed by atoms with Gasteiger partial charge in [-0.1, -0.05) is 0 Å². The van der Waals surface area contributed by atoms with Gasteiger partial charge in [0, 0.05) is 43.1 Å². The highest BCUT2D eigenvalue weighted by molar-refractivity contribution is 5.49. The van der Waals surface area contributed by atoms with Crippen LogP contribution in [0.15, 0.2) is 42.6 Å². The van der Waals surface area contributed by atoms with Gasteiger partial charge in [0.25, 0.3) is 5.69 Å². The first-order valence-corrected chi connectivity index (χ1v) is 7.78. The van der Waals surface area contributed by atoms with Crippen LogP contribution in [0.3, 0.4) is 0 Å². The van der Waals surface area contributed by atoms with Crippen molar-refractivity contribution in [2.24, 2.45) is 0 Å². The zero-order valence-electron chi connectivity index (χ0n) is 13.1. The van der Waals surface area contributed by atoms with Gasteiger partial charge < -0.3 is 10.2 Å². The number of anilines is 2. The molecule has 1 aliphatic rings. The van der Waals surface area contributed by atoms with E-state index in [1.54, 1.807) is 24.4 Å². The van der Waals surface area contributed by atoms with Crippen LogP contribution in [0.5, 0.6) is 0 Å². The maximum Gasteiger partial charge on any atom is 0.269 e. The summed E-state index contributed by atoms with van der Waals surface area (Å²) in [7, 11) is 0. The van der Waals surface area contributed by atoms with Gasteiger partial charge in [0.1, 0.15) is 11.9 Å². The molecular weight excluding hydrogens is 306 g/mol. The van der Waals surface area contributed by atoms with Crippen molar-refractivity contribution in [1.29, 1.82) is 5.26 Å². The third kappa shape index (κ3) is 3.60. The van der Waals surface area contributed by atoms with Gasteiger partial charge >= 0.3 is 0 Å². The van der Waals surface area contributed by atoms with E-state index in [-0.39, 0.29) is 5.69 Å². The molecule has 0 aliphatic carbocycles. The molecule has 24 heavy (non-hydrogen) atoms. The van der Waals surface area contributed by atoms with Crippen molar-refractivity contribution in [1.82, 2.24) is 4.98 Å². The van der Waals surface area contributed by atoms with E-state index in [4.69, 9.17) is 5.26 Å². The van der Waals surface area contributed by atoms with Gasteiger partial charge in [-0.25, -0.2) is 4.98 Å². The van der Waals surface area contributed by atoms with Gasteiger partial charge in [-0.3, -0.25) is 10.1 Å². The van der Waals surface area contributed by atoms with E-state index >= 15 is 0 Å². The molecule has 7 nitrogen and oxygen atoms in total. The Bertz CT molecular complexity index is 744. The number of nitriles is 1. The molecule has 0 spiro atoms. The van der Waals surface area contributed by atoms with Gasteiger partial charge in [-0.15, -0.1) is 0 Å². The highest BCUT2D eigenvalue weighted by Gasteiger charge is 2.20. The van der Waals surface area contributed by atoms with E-state index in [1.807, 2.05) is 6.07 Å². The Morgan fingerprint density at radius 1 is 1.21 bits per heavy atom. The number of pyridine rings is 1. The van der Waals surface area contributed by atoms with Crippen LogP contribution in [0.2, 0.25) is 0 Å². The number of hydrogen-bond donors (Lipinski definition) is 1. The van der Waals surface area contributed by atoms with E-state index in [1.165, 1.54) is 12.1 Å². The van der Waals surface area contributed by atoms with Gasteiger partial charge in [-0.05, 0) is 37.1 Å². The van der Waals surface area contributed by atoms with Crippen molar-refractivity contribution in [2.45, 2.75) is 18.9 Å². The third-order valence-electron chi connectivity index (χ3n) is 4.14. The molecule has 1 N–H and O–H groups in total. The molecule has 3 rings (SSSR count). The van der Waals surface area contributed by atoms with Crippen molar-refractivity contribution in [3.8, 4) is 6.07 Å². The number of piperidine rings is 1. The van der Waals surface area contributed by atoms with Crippen molar-refractivity contribution < 1.29 is 4.92 Å². The Labute approximate surface area is 139 Å². The van der Waals surface area contributed by atoms with Gasteiger partial charge in [0.05, 0.1) is 10.5 Å². The molecule has 2 aromatic rings. The highest BCUT2D eigenvalue weighted by Crippen LogP contribution is 2.22. The summed E-state index contributed by atoms with van der Waals surface area (Å²) < 4.78 is 0. The second-order valence-electron chi connectivity index (χ2n) is 5.73. The summed E-state index contributed by atoms with van der Waals surface area (Å²) >= 11 is 0. The molecule has 1 aliphatic heterocycles. The van der Waals surface area contributed by atoms with Gasteiger partial charge in [-0.2, -0.15) is 5.26 Å². The summed E-state index contributed by atoms with van der Waals surface area (Å²) in [5, 5.41) is 22.9. The largest absolute Gasteiger partial charge is 0.382 e. The SMILES string of the molecule is N#Cc1ccc(N2CCC(Nc3ccc([N+](=O)[O-])cc3)CC2)nc1. The molecule has 7 heteroatoms. The molecule has 1 aromatic heterocycles. The van der Waals surface area contributed by atoms with Crippen LogP contribution < -0.4 is 10.2 Å². The van der Waals surface area contributed by atoms with Crippen LogP contribution in [0.1, 0.15) is 18.4 Å². The van der Waals surface area contributed by atoms with E-state index < -0.39 is 4.92 Å². The molecule has 1 fully saturated rings. The Morgan fingerprint density at radius 3 is 2.46 bits per heavy atom. The lowest BCUT2D eigenvalue weighted by Crippen LogP contribution is -2.39. The van der Waals surface area contributed by atoms with E-state index in [0.29, 0.717) is 11.6 Å². The lowest BCUT2D eigenvalue weighted by Gasteiger charge is -2.33. The van der Waals surface area contributed by atoms with Crippen molar-refractivity contribution in [2.75, 3.05) is 23.3 Å². The van der Waals surface area contributed by atoms with Crippen LogP contribution in [-0.2, 0) is 0 Å². The first kappa shape index (κ1) is 15.7. The van der Waals surface area contributed by atoms with Crippen LogP contribution in [-0.4, -0.2) is 29.0 Å². The fraction of sp³-hybridized carbons (Fsp3) is 0.294. The smallest absolute Gasteiger partial charge is 0.269 e. The Balaban J connectivity index is 1.54. The molecule has 0 amide bonds. The number of nitro benzene ring substituents is 1. The molecule has 2 heterocycles. The van der Waals surface area contributed by atoms with E-state index in [9.17, 15) is 10.1 Å². The molecular formula is C17H17N5O2. The molecule has 0 saturated carbocycles. The third-order valence-corrected chi connectivity index (χ3v) is 4.14. The lowest BCUT2D eigenvalue weighted by molar-refractivity contribution is -0.384. The molecule has 122 valence electrons. The monoisotopic (exact) mass is 323 g/mol. The topological polar surface area (TPSA) is 95.1 Å². The highest BCUT2D eigenvalue weighted by atomic mass is 16.6. The molecule has 0 atom stereocenters. The number of aromatic nitrogens is 1. The van der Waals surface area contributed by atoms with Crippen LogP contribution in [0.25, 0.3) is 0 Å². The summed E-state index contributed by atoms with van der Waals surface area (Å²) in [6.07, 6.45) is 3.51. The summed E-state index contributed by atoms with van der Waals surface area (Å²) in [4.78, 5) is 16.8. The number of nitrogens with one attached hydrogen (secondary N) is 1. The molecule has 1 aromatic carbocycles. The first-order chi connectivity index (χ1) is 11.7. The number of benzene rings is 1. The van der Waals surface area contributed by atoms with Gasteiger partial charge in [0.2, 0.25) is 0 Å². The Hall–Kier alpha value is -3.14. The maximum atomic E-state index is 10.7. The van der Waals surface area contributed by atoms with E-state index in [2.05, 4.69) is 21.3 Å². The summed E-state index contributed by atoms with van der Waals surface area (Å²) in [6, 6.07) is 12.6.